The summed E-state index contributed by atoms with van der Waals surface area (Å²) in [6.07, 6.45) is 3.62. The highest BCUT2D eigenvalue weighted by molar-refractivity contribution is 5.42. The van der Waals surface area contributed by atoms with E-state index in [1.807, 2.05) is 26.1 Å². The molecule has 0 amide bonds. The highest BCUT2D eigenvalue weighted by Crippen LogP contribution is 2.15. The van der Waals surface area contributed by atoms with E-state index < -0.39 is 0 Å². The molecular formula is C14H18N4. The van der Waals surface area contributed by atoms with Crippen LogP contribution in [0.2, 0.25) is 0 Å². The number of aromatic nitrogens is 3. The summed E-state index contributed by atoms with van der Waals surface area (Å²) < 4.78 is 0. The van der Waals surface area contributed by atoms with Crippen molar-refractivity contribution in [3.63, 3.8) is 0 Å². The van der Waals surface area contributed by atoms with Crippen LogP contribution in [-0.4, -0.2) is 15.0 Å². The second-order valence-corrected chi connectivity index (χ2v) is 4.42. The fourth-order valence-electron chi connectivity index (χ4n) is 1.82. The summed E-state index contributed by atoms with van der Waals surface area (Å²) >= 11 is 0. The number of hydrogen-bond acceptors (Lipinski definition) is 4. The Kier molecular flexibility index (Phi) is 3.55. The summed E-state index contributed by atoms with van der Waals surface area (Å²) in [7, 11) is 0. The Morgan fingerprint density at radius 2 is 1.94 bits per heavy atom. The number of pyridine rings is 1. The Morgan fingerprint density at radius 1 is 1.17 bits per heavy atom. The van der Waals surface area contributed by atoms with Crippen molar-refractivity contribution >= 4 is 5.82 Å². The standard InChI is InChI=1S/C14H18N4/c1-4-11-5-6-12(16-8-11)7-13-9(2)14(15)18-10(3)17-13/h5-6,8H,4,7H2,1-3H3,(H2,15,17,18). The third-order valence-corrected chi connectivity index (χ3v) is 3.04. The van der Waals surface area contributed by atoms with E-state index >= 15 is 0 Å². The number of aryl methyl sites for hydroxylation is 2. The van der Waals surface area contributed by atoms with Crippen molar-refractivity contribution in [1.82, 2.24) is 15.0 Å². The van der Waals surface area contributed by atoms with E-state index in [0.717, 1.165) is 23.4 Å². The van der Waals surface area contributed by atoms with Crippen molar-refractivity contribution in [1.29, 1.82) is 0 Å². The summed E-state index contributed by atoms with van der Waals surface area (Å²) in [4.78, 5) is 13.0. The van der Waals surface area contributed by atoms with Crippen LogP contribution in [0, 0.1) is 13.8 Å². The van der Waals surface area contributed by atoms with Crippen molar-refractivity contribution in [2.24, 2.45) is 0 Å². The molecule has 0 spiro atoms. The average molecular weight is 242 g/mol. The molecule has 0 aliphatic carbocycles. The number of anilines is 1. The van der Waals surface area contributed by atoms with Gasteiger partial charge in [-0.2, -0.15) is 0 Å². The van der Waals surface area contributed by atoms with E-state index in [-0.39, 0.29) is 0 Å². The number of nitrogens with two attached hydrogens (primary N) is 1. The normalized spacial score (nSPS) is 10.6. The van der Waals surface area contributed by atoms with Gasteiger partial charge in [-0.3, -0.25) is 4.98 Å². The first kappa shape index (κ1) is 12.5. The molecule has 0 aliphatic rings. The molecular weight excluding hydrogens is 224 g/mol. The molecule has 0 bridgehead atoms. The smallest absolute Gasteiger partial charge is 0.130 e. The zero-order chi connectivity index (χ0) is 13.1. The molecule has 0 unspecified atom stereocenters. The first-order valence-electron chi connectivity index (χ1n) is 6.13. The quantitative estimate of drug-likeness (QED) is 0.896. The number of hydrogen-bond donors (Lipinski definition) is 1. The fourth-order valence-corrected chi connectivity index (χ4v) is 1.82. The van der Waals surface area contributed by atoms with Crippen molar-refractivity contribution in [3.8, 4) is 0 Å². The molecule has 94 valence electrons. The maximum absolute atomic E-state index is 5.85. The van der Waals surface area contributed by atoms with Gasteiger partial charge in [0.25, 0.3) is 0 Å². The van der Waals surface area contributed by atoms with Gasteiger partial charge in [0.1, 0.15) is 11.6 Å². The van der Waals surface area contributed by atoms with E-state index in [1.54, 1.807) is 0 Å². The van der Waals surface area contributed by atoms with Gasteiger partial charge in [-0.15, -0.1) is 0 Å². The third kappa shape index (κ3) is 2.64. The highest BCUT2D eigenvalue weighted by Gasteiger charge is 2.08. The monoisotopic (exact) mass is 242 g/mol. The molecule has 0 radical (unpaired) electrons. The zero-order valence-electron chi connectivity index (χ0n) is 11.1. The van der Waals surface area contributed by atoms with Gasteiger partial charge in [0, 0.05) is 23.9 Å². The second-order valence-electron chi connectivity index (χ2n) is 4.42. The predicted molar refractivity (Wildman–Crippen MR) is 72.3 cm³/mol. The van der Waals surface area contributed by atoms with Crippen LogP contribution in [0.4, 0.5) is 5.82 Å². The Balaban J connectivity index is 2.27. The molecule has 2 heterocycles. The van der Waals surface area contributed by atoms with E-state index in [9.17, 15) is 0 Å². The van der Waals surface area contributed by atoms with E-state index in [0.29, 0.717) is 18.1 Å². The molecule has 0 fully saturated rings. The van der Waals surface area contributed by atoms with Crippen molar-refractivity contribution in [2.75, 3.05) is 5.73 Å². The van der Waals surface area contributed by atoms with Gasteiger partial charge in [0.2, 0.25) is 0 Å². The largest absolute Gasteiger partial charge is 0.383 e. The lowest BCUT2D eigenvalue weighted by Crippen LogP contribution is -2.06. The van der Waals surface area contributed by atoms with E-state index in [4.69, 9.17) is 5.73 Å². The summed E-state index contributed by atoms with van der Waals surface area (Å²) in [6.45, 7) is 5.92. The van der Waals surface area contributed by atoms with Crippen molar-refractivity contribution in [3.05, 3.63) is 46.7 Å². The summed E-state index contributed by atoms with van der Waals surface area (Å²) in [5.74, 6) is 1.26. The molecule has 0 saturated carbocycles. The number of nitrogens with zero attached hydrogens (tertiary/aromatic N) is 3. The van der Waals surface area contributed by atoms with Crippen LogP contribution in [-0.2, 0) is 12.8 Å². The molecule has 4 nitrogen and oxygen atoms in total. The van der Waals surface area contributed by atoms with Gasteiger partial charge in [-0.1, -0.05) is 13.0 Å². The van der Waals surface area contributed by atoms with Crippen LogP contribution in [0.15, 0.2) is 18.3 Å². The average Bonchev–Trinajstić information content (AvgIpc) is 2.36. The molecule has 0 saturated heterocycles. The second kappa shape index (κ2) is 5.12. The Morgan fingerprint density at radius 3 is 2.56 bits per heavy atom. The maximum Gasteiger partial charge on any atom is 0.130 e. The Hall–Kier alpha value is -1.97. The summed E-state index contributed by atoms with van der Waals surface area (Å²) in [5.41, 5.74) is 10.0. The minimum atomic E-state index is 0.558. The first-order chi connectivity index (χ1) is 8.60. The number of nitrogen functional groups attached to an aromatic ring is 1. The molecule has 2 aromatic rings. The van der Waals surface area contributed by atoms with Gasteiger partial charge in [-0.25, -0.2) is 9.97 Å². The topological polar surface area (TPSA) is 64.7 Å². The minimum absolute atomic E-state index is 0.558. The molecule has 4 heteroatoms. The fraction of sp³-hybridized carbons (Fsp3) is 0.357. The van der Waals surface area contributed by atoms with Crippen molar-refractivity contribution in [2.45, 2.75) is 33.6 Å². The Labute approximate surface area is 107 Å². The molecule has 2 N–H and O–H groups in total. The SMILES string of the molecule is CCc1ccc(Cc2nc(C)nc(N)c2C)nc1. The van der Waals surface area contributed by atoms with Crippen LogP contribution in [0.5, 0.6) is 0 Å². The molecule has 2 rings (SSSR count). The maximum atomic E-state index is 5.85. The van der Waals surface area contributed by atoms with Gasteiger partial charge >= 0.3 is 0 Å². The first-order valence-corrected chi connectivity index (χ1v) is 6.13. The summed E-state index contributed by atoms with van der Waals surface area (Å²) in [5, 5.41) is 0. The lowest BCUT2D eigenvalue weighted by atomic mass is 10.1. The molecule has 18 heavy (non-hydrogen) atoms. The zero-order valence-corrected chi connectivity index (χ0v) is 11.1. The Bertz CT molecular complexity index is 546. The van der Waals surface area contributed by atoms with E-state index in [1.165, 1.54) is 5.56 Å². The third-order valence-electron chi connectivity index (χ3n) is 3.04. The van der Waals surface area contributed by atoms with Crippen LogP contribution in [0.3, 0.4) is 0 Å². The molecule has 2 aromatic heterocycles. The molecule has 0 atom stereocenters. The highest BCUT2D eigenvalue weighted by atomic mass is 14.9. The lowest BCUT2D eigenvalue weighted by molar-refractivity contribution is 0.925. The van der Waals surface area contributed by atoms with Crippen LogP contribution in [0.1, 0.15) is 35.3 Å². The van der Waals surface area contributed by atoms with Gasteiger partial charge in [-0.05, 0) is 31.9 Å². The van der Waals surface area contributed by atoms with Crippen LogP contribution < -0.4 is 5.73 Å². The molecule has 0 aliphatic heterocycles. The lowest BCUT2D eigenvalue weighted by Gasteiger charge is -2.08. The molecule has 0 aromatic carbocycles. The minimum Gasteiger partial charge on any atom is -0.383 e. The summed E-state index contributed by atoms with van der Waals surface area (Å²) in [6, 6.07) is 4.15. The van der Waals surface area contributed by atoms with Crippen LogP contribution in [0.25, 0.3) is 0 Å². The van der Waals surface area contributed by atoms with Gasteiger partial charge in [0.15, 0.2) is 0 Å². The van der Waals surface area contributed by atoms with Crippen LogP contribution >= 0.6 is 0 Å². The predicted octanol–water partition coefficient (Wildman–Crippen LogP) is 2.22. The number of rotatable bonds is 3. The van der Waals surface area contributed by atoms with Crippen molar-refractivity contribution < 1.29 is 0 Å². The van der Waals surface area contributed by atoms with E-state index in [2.05, 4.69) is 27.9 Å². The van der Waals surface area contributed by atoms with Gasteiger partial charge < -0.3 is 5.73 Å². The van der Waals surface area contributed by atoms with Gasteiger partial charge in [0.05, 0.1) is 5.69 Å².